The number of carboxylic acid groups (broad SMARTS) is 3. The van der Waals surface area contributed by atoms with Crippen molar-refractivity contribution < 1.29 is 34.8 Å². The van der Waals surface area contributed by atoms with Crippen LogP contribution in [0.1, 0.15) is 34.5 Å². The maximum absolute atomic E-state index is 10.3. The number of hydrogen-bond donors (Lipinski definition) is 4. The molecule has 0 radical (unpaired) electrons. The third-order valence-electron chi connectivity index (χ3n) is 5.52. The van der Waals surface area contributed by atoms with Gasteiger partial charge in [0.25, 0.3) is 0 Å². The lowest BCUT2D eigenvalue weighted by Gasteiger charge is -2.21. The Kier molecular flexibility index (Phi) is 11.2. The summed E-state index contributed by atoms with van der Waals surface area (Å²) >= 11 is 1.82. The average Bonchev–Trinajstić information content (AvgIpc) is 3.47. The summed E-state index contributed by atoms with van der Waals surface area (Å²) in [6, 6.07) is 15.0. The molecule has 0 aliphatic heterocycles. The van der Waals surface area contributed by atoms with Crippen LogP contribution in [-0.2, 0) is 33.9 Å². The van der Waals surface area contributed by atoms with Gasteiger partial charge in [-0.15, -0.1) is 11.3 Å². The highest BCUT2D eigenvalue weighted by Gasteiger charge is 2.40. The summed E-state index contributed by atoms with van der Waals surface area (Å²) in [7, 11) is 0. The molecule has 0 atom stereocenters. The zero-order chi connectivity index (χ0) is 27.4. The molecule has 2 aromatic heterocycles. The zero-order valence-electron chi connectivity index (χ0n) is 20.5. The minimum absolute atomic E-state index is 0.907. The average molecular weight is 530 g/mol. The fourth-order valence-electron chi connectivity index (χ4n) is 3.52. The standard InChI is InChI=1S/C20H23N3S.C6H8O7/c1-3-23-17(2)19(14-21-23)15-22(16-20-10-7-13-24-20)12-11-18-8-5-4-6-9-18;7-3(8)1-6(13,5(11)12)2-4(9)10/h3-10,13-14H,1,11-12,15-16H2,2H3;13H,1-2H2,(H,7,8)(H,9,10)(H,11,12). The number of carboxylic acids is 3. The van der Waals surface area contributed by atoms with Gasteiger partial charge in [0, 0.05) is 42.0 Å². The van der Waals surface area contributed by atoms with Crippen LogP contribution in [0.2, 0.25) is 0 Å². The first kappa shape index (κ1) is 29.4. The summed E-state index contributed by atoms with van der Waals surface area (Å²) in [4.78, 5) is 34.4. The second kappa shape index (κ2) is 14.1. The van der Waals surface area contributed by atoms with Gasteiger partial charge in [0.05, 0.1) is 19.0 Å². The van der Waals surface area contributed by atoms with Gasteiger partial charge < -0.3 is 20.4 Å². The van der Waals surface area contributed by atoms with Gasteiger partial charge >= 0.3 is 17.9 Å². The molecule has 1 aromatic carbocycles. The van der Waals surface area contributed by atoms with Crippen molar-refractivity contribution in [1.82, 2.24) is 14.7 Å². The molecule has 0 saturated heterocycles. The van der Waals surface area contributed by atoms with Crippen molar-refractivity contribution in [3.8, 4) is 0 Å². The van der Waals surface area contributed by atoms with Crippen LogP contribution in [0.25, 0.3) is 6.20 Å². The summed E-state index contributed by atoms with van der Waals surface area (Å²) in [6.45, 7) is 8.82. The molecule has 198 valence electrons. The van der Waals surface area contributed by atoms with Crippen molar-refractivity contribution in [3.05, 3.63) is 82.3 Å². The van der Waals surface area contributed by atoms with Gasteiger partial charge in [-0.05, 0) is 30.4 Å². The van der Waals surface area contributed by atoms with Crippen molar-refractivity contribution in [2.24, 2.45) is 0 Å². The van der Waals surface area contributed by atoms with Crippen molar-refractivity contribution in [1.29, 1.82) is 0 Å². The van der Waals surface area contributed by atoms with Crippen molar-refractivity contribution in [2.45, 2.75) is 44.9 Å². The second-order valence-corrected chi connectivity index (χ2v) is 9.42. The van der Waals surface area contributed by atoms with Crippen molar-refractivity contribution in [3.63, 3.8) is 0 Å². The van der Waals surface area contributed by atoms with Crippen LogP contribution < -0.4 is 0 Å². The molecule has 0 saturated carbocycles. The van der Waals surface area contributed by atoms with E-state index in [9.17, 15) is 14.4 Å². The fourth-order valence-corrected chi connectivity index (χ4v) is 4.27. The zero-order valence-corrected chi connectivity index (χ0v) is 21.3. The van der Waals surface area contributed by atoms with E-state index in [1.807, 2.05) is 22.2 Å². The molecule has 4 N–H and O–H groups in total. The number of carbonyl (C=O) groups is 3. The van der Waals surface area contributed by atoms with Crippen molar-refractivity contribution >= 4 is 35.4 Å². The van der Waals surface area contributed by atoms with Crippen LogP contribution in [0, 0.1) is 6.92 Å². The third kappa shape index (κ3) is 9.64. The summed E-state index contributed by atoms with van der Waals surface area (Å²) in [5, 5.41) is 40.3. The first-order valence-corrected chi connectivity index (χ1v) is 12.3. The Morgan fingerprint density at radius 2 is 1.70 bits per heavy atom. The lowest BCUT2D eigenvalue weighted by atomic mass is 9.96. The number of aliphatic hydroxyl groups is 1. The molecule has 2 heterocycles. The summed E-state index contributed by atoms with van der Waals surface area (Å²) < 4.78 is 1.84. The second-order valence-electron chi connectivity index (χ2n) is 8.39. The minimum atomic E-state index is -2.74. The number of thiophene rings is 1. The van der Waals surface area contributed by atoms with Gasteiger partial charge in [0.2, 0.25) is 0 Å². The highest BCUT2D eigenvalue weighted by molar-refractivity contribution is 7.09. The van der Waals surface area contributed by atoms with E-state index in [2.05, 4.69) is 71.3 Å². The molecular weight excluding hydrogens is 498 g/mol. The molecule has 10 nitrogen and oxygen atoms in total. The molecule has 3 aromatic rings. The molecule has 11 heteroatoms. The Balaban J connectivity index is 0.000000317. The largest absolute Gasteiger partial charge is 0.481 e. The maximum Gasteiger partial charge on any atom is 0.336 e. The van der Waals surface area contributed by atoms with E-state index in [0.717, 1.165) is 26.1 Å². The predicted molar refractivity (Wildman–Crippen MR) is 139 cm³/mol. The lowest BCUT2D eigenvalue weighted by Crippen LogP contribution is -2.42. The summed E-state index contributed by atoms with van der Waals surface area (Å²) in [6.07, 6.45) is 2.48. The quantitative estimate of drug-likeness (QED) is 0.261. The maximum atomic E-state index is 10.3. The smallest absolute Gasteiger partial charge is 0.336 e. The molecule has 0 amide bonds. The highest BCUT2D eigenvalue weighted by Crippen LogP contribution is 2.18. The Morgan fingerprint density at radius 1 is 1.05 bits per heavy atom. The van der Waals surface area contributed by atoms with Gasteiger partial charge in [-0.2, -0.15) is 5.10 Å². The molecular formula is C26H31N3O7S. The topological polar surface area (TPSA) is 153 Å². The van der Waals surface area contributed by atoms with Crippen LogP contribution in [0.5, 0.6) is 0 Å². The Morgan fingerprint density at radius 3 is 2.19 bits per heavy atom. The van der Waals surface area contributed by atoms with E-state index < -0.39 is 36.4 Å². The molecule has 0 bridgehead atoms. The van der Waals surface area contributed by atoms with Gasteiger partial charge in [-0.1, -0.05) is 43.0 Å². The van der Waals surface area contributed by atoms with Crippen LogP contribution >= 0.6 is 11.3 Å². The van der Waals surface area contributed by atoms with Gasteiger partial charge in [0.15, 0.2) is 5.60 Å². The molecule has 0 spiro atoms. The minimum Gasteiger partial charge on any atom is -0.481 e. The van der Waals surface area contributed by atoms with Gasteiger partial charge in [-0.3, -0.25) is 14.5 Å². The molecule has 0 unspecified atom stereocenters. The summed E-state index contributed by atoms with van der Waals surface area (Å²) in [5.41, 5.74) is 1.07. The number of rotatable bonds is 13. The van der Waals surface area contributed by atoms with Gasteiger partial charge in [0.1, 0.15) is 0 Å². The van der Waals surface area contributed by atoms with E-state index >= 15 is 0 Å². The van der Waals surface area contributed by atoms with Crippen molar-refractivity contribution in [2.75, 3.05) is 6.54 Å². The first-order valence-electron chi connectivity index (χ1n) is 11.4. The number of hydrogen-bond acceptors (Lipinski definition) is 7. The van der Waals surface area contributed by atoms with Crippen LogP contribution in [0.15, 0.2) is 60.6 Å². The number of aromatic nitrogens is 2. The summed E-state index contributed by atoms with van der Waals surface area (Å²) in [5.74, 6) is -5.02. The van der Waals surface area contributed by atoms with Gasteiger partial charge in [-0.25, -0.2) is 9.48 Å². The molecule has 37 heavy (non-hydrogen) atoms. The Hall–Kier alpha value is -3.80. The number of aliphatic carboxylic acids is 3. The molecule has 0 aliphatic rings. The van der Waals surface area contributed by atoms with Crippen LogP contribution in [-0.4, -0.2) is 65.2 Å². The molecule has 3 rings (SSSR count). The number of nitrogens with zero attached hydrogens (tertiary/aromatic N) is 3. The van der Waals surface area contributed by atoms with E-state index in [4.69, 9.17) is 20.4 Å². The van der Waals surface area contributed by atoms with E-state index in [0.29, 0.717) is 0 Å². The van der Waals surface area contributed by atoms with Crippen LogP contribution in [0.3, 0.4) is 0 Å². The highest BCUT2D eigenvalue weighted by atomic mass is 32.1. The predicted octanol–water partition coefficient (Wildman–Crippen LogP) is 3.35. The Labute approximate surface area is 218 Å². The third-order valence-corrected chi connectivity index (χ3v) is 6.38. The lowest BCUT2D eigenvalue weighted by molar-refractivity contribution is -0.170. The monoisotopic (exact) mass is 529 g/mol. The normalized spacial score (nSPS) is 11.0. The fraction of sp³-hybridized carbons (Fsp3) is 0.308. The molecule has 0 fully saturated rings. The van der Waals surface area contributed by atoms with E-state index in [1.165, 1.54) is 21.7 Å². The van der Waals surface area contributed by atoms with E-state index in [1.54, 1.807) is 6.20 Å². The van der Waals surface area contributed by atoms with E-state index in [-0.39, 0.29) is 0 Å². The Bertz CT molecular complexity index is 1160. The molecule has 0 aliphatic carbocycles. The van der Waals surface area contributed by atoms with Crippen LogP contribution in [0.4, 0.5) is 0 Å². The SMILES string of the molecule is C=Cn1ncc(CN(CCc2ccccc2)Cc2cccs2)c1C.O=C(O)CC(O)(CC(=O)O)C(=O)O. The first-order chi connectivity index (χ1) is 17.5. The number of benzene rings is 1.